The van der Waals surface area contributed by atoms with Crippen LogP contribution in [-0.2, 0) is 6.54 Å². The van der Waals surface area contributed by atoms with E-state index in [0.29, 0.717) is 36.3 Å². The molecular formula is C16H15ClFNO2. The first-order chi connectivity index (χ1) is 10.2. The van der Waals surface area contributed by atoms with Crippen LogP contribution in [0.5, 0.6) is 11.5 Å². The molecule has 110 valence electrons. The van der Waals surface area contributed by atoms with Gasteiger partial charge in [0.25, 0.3) is 0 Å². The summed E-state index contributed by atoms with van der Waals surface area (Å²) in [6.45, 7) is 1.75. The molecule has 5 heteroatoms. The highest BCUT2D eigenvalue weighted by molar-refractivity contribution is 6.32. The fraction of sp³-hybridized carbons (Fsp3) is 0.250. The Kier molecular flexibility index (Phi) is 4.15. The van der Waals surface area contributed by atoms with E-state index in [-0.39, 0.29) is 5.82 Å². The summed E-state index contributed by atoms with van der Waals surface area (Å²) >= 11 is 6.23. The van der Waals surface area contributed by atoms with E-state index in [1.165, 1.54) is 12.1 Å². The zero-order valence-electron chi connectivity index (χ0n) is 11.4. The summed E-state index contributed by atoms with van der Waals surface area (Å²) in [6.07, 6.45) is 0.835. The molecule has 0 aliphatic carbocycles. The molecule has 0 fully saturated rings. The van der Waals surface area contributed by atoms with Gasteiger partial charge in [-0.1, -0.05) is 17.7 Å². The minimum Gasteiger partial charge on any atom is -0.489 e. The summed E-state index contributed by atoms with van der Waals surface area (Å²) in [5.74, 6) is 0.997. The second-order valence-electron chi connectivity index (χ2n) is 4.82. The van der Waals surface area contributed by atoms with Gasteiger partial charge >= 0.3 is 0 Å². The number of nitrogens with one attached hydrogen (secondary N) is 1. The summed E-state index contributed by atoms with van der Waals surface area (Å²) in [4.78, 5) is 0. The fourth-order valence-electron chi connectivity index (χ4n) is 2.19. The molecule has 3 nitrogen and oxygen atoms in total. The molecule has 1 aliphatic heterocycles. The highest BCUT2D eigenvalue weighted by Crippen LogP contribution is 2.38. The standard InChI is InChI=1S/C16H15ClFNO2/c17-14-7-11(8-15-16(14)21-6-2-5-20-15)10-19-13-4-1-3-12(18)9-13/h1,3-4,7-9,19H,2,5-6,10H2. The van der Waals surface area contributed by atoms with Gasteiger partial charge in [0.2, 0.25) is 0 Å². The molecule has 21 heavy (non-hydrogen) atoms. The summed E-state index contributed by atoms with van der Waals surface area (Å²) in [7, 11) is 0. The first kappa shape index (κ1) is 14.0. The molecule has 1 heterocycles. The predicted molar refractivity (Wildman–Crippen MR) is 80.8 cm³/mol. The van der Waals surface area contributed by atoms with Crippen LogP contribution in [0, 0.1) is 5.82 Å². The topological polar surface area (TPSA) is 30.5 Å². The Morgan fingerprint density at radius 3 is 2.86 bits per heavy atom. The Labute approximate surface area is 127 Å². The monoisotopic (exact) mass is 307 g/mol. The second-order valence-corrected chi connectivity index (χ2v) is 5.23. The average Bonchev–Trinajstić information content (AvgIpc) is 2.71. The summed E-state index contributed by atoms with van der Waals surface area (Å²) in [5, 5.41) is 3.69. The molecule has 2 aromatic rings. The van der Waals surface area contributed by atoms with Crippen molar-refractivity contribution < 1.29 is 13.9 Å². The van der Waals surface area contributed by atoms with Crippen molar-refractivity contribution >= 4 is 17.3 Å². The van der Waals surface area contributed by atoms with E-state index in [1.54, 1.807) is 6.07 Å². The van der Waals surface area contributed by atoms with Gasteiger partial charge in [0, 0.05) is 18.7 Å². The van der Waals surface area contributed by atoms with Crippen LogP contribution in [0.4, 0.5) is 10.1 Å². The Morgan fingerprint density at radius 2 is 2.00 bits per heavy atom. The van der Waals surface area contributed by atoms with Gasteiger partial charge in [-0.2, -0.15) is 0 Å². The Hall–Kier alpha value is -1.94. The van der Waals surface area contributed by atoms with E-state index in [4.69, 9.17) is 21.1 Å². The number of hydrogen-bond acceptors (Lipinski definition) is 3. The van der Waals surface area contributed by atoms with Gasteiger partial charge in [-0.25, -0.2) is 4.39 Å². The van der Waals surface area contributed by atoms with E-state index in [2.05, 4.69) is 5.32 Å². The Morgan fingerprint density at radius 1 is 1.14 bits per heavy atom. The van der Waals surface area contributed by atoms with Crippen LogP contribution in [0.25, 0.3) is 0 Å². The first-order valence-electron chi connectivity index (χ1n) is 6.80. The molecule has 2 aromatic carbocycles. The lowest BCUT2D eigenvalue weighted by molar-refractivity contribution is 0.297. The molecule has 0 amide bonds. The number of anilines is 1. The maximum atomic E-state index is 13.1. The molecule has 0 bridgehead atoms. The van der Waals surface area contributed by atoms with Crippen molar-refractivity contribution in [3.63, 3.8) is 0 Å². The molecule has 0 spiro atoms. The van der Waals surface area contributed by atoms with Crippen molar-refractivity contribution in [2.75, 3.05) is 18.5 Å². The van der Waals surface area contributed by atoms with E-state index in [9.17, 15) is 4.39 Å². The van der Waals surface area contributed by atoms with Crippen LogP contribution in [-0.4, -0.2) is 13.2 Å². The second kappa shape index (κ2) is 6.22. The van der Waals surface area contributed by atoms with Crippen LogP contribution in [0.2, 0.25) is 5.02 Å². The molecule has 0 radical (unpaired) electrons. The predicted octanol–water partition coefficient (Wildman–Crippen LogP) is 4.25. The maximum absolute atomic E-state index is 13.1. The van der Waals surface area contributed by atoms with E-state index in [0.717, 1.165) is 17.7 Å². The molecular weight excluding hydrogens is 293 g/mol. The summed E-state index contributed by atoms with van der Waals surface area (Å²) < 4.78 is 24.4. The van der Waals surface area contributed by atoms with Crippen molar-refractivity contribution in [2.24, 2.45) is 0 Å². The third-order valence-electron chi connectivity index (χ3n) is 3.18. The highest BCUT2D eigenvalue weighted by atomic mass is 35.5. The van der Waals surface area contributed by atoms with E-state index >= 15 is 0 Å². The van der Waals surface area contributed by atoms with Gasteiger partial charge in [0.1, 0.15) is 5.82 Å². The van der Waals surface area contributed by atoms with Crippen molar-refractivity contribution in [1.82, 2.24) is 0 Å². The van der Waals surface area contributed by atoms with Crippen LogP contribution in [0.3, 0.4) is 0 Å². The number of fused-ring (bicyclic) bond motifs is 1. The third kappa shape index (κ3) is 3.39. The largest absolute Gasteiger partial charge is 0.489 e. The quantitative estimate of drug-likeness (QED) is 0.919. The normalized spacial score (nSPS) is 13.6. The van der Waals surface area contributed by atoms with Gasteiger partial charge in [-0.05, 0) is 35.9 Å². The van der Waals surface area contributed by atoms with Crippen LogP contribution >= 0.6 is 11.6 Å². The van der Waals surface area contributed by atoms with Gasteiger partial charge in [-0.15, -0.1) is 0 Å². The third-order valence-corrected chi connectivity index (χ3v) is 3.46. The molecule has 0 saturated heterocycles. The molecule has 3 rings (SSSR count). The van der Waals surface area contributed by atoms with Crippen molar-refractivity contribution in [2.45, 2.75) is 13.0 Å². The van der Waals surface area contributed by atoms with Crippen LogP contribution in [0.15, 0.2) is 36.4 Å². The van der Waals surface area contributed by atoms with Gasteiger partial charge in [0.15, 0.2) is 11.5 Å². The highest BCUT2D eigenvalue weighted by Gasteiger charge is 2.15. The summed E-state index contributed by atoms with van der Waals surface area (Å²) in [5.41, 5.74) is 1.67. The Balaban J connectivity index is 1.77. The smallest absolute Gasteiger partial charge is 0.179 e. The van der Waals surface area contributed by atoms with E-state index < -0.39 is 0 Å². The van der Waals surface area contributed by atoms with Crippen LogP contribution in [0.1, 0.15) is 12.0 Å². The fourth-order valence-corrected chi connectivity index (χ4v) is 2.48. The zero-order valence-corrected chi connectivity index (χ0v) is 12.1. The lowest BCUT2D eigenvalue weighted by Gasteiger charge is -2.12. The molecule has 0 unspecified atom stereocenters. The molecule has 0 atom stereocenters. The van der Waals surface area contributed by atoms with Gasteiger partial charge in [-0.3, -0.25) is 0 Å². The lowest BCUT2D eigenvalue weighted by atomic mass is 10.2. The zero-order chi connectivity index (χ0) is 14.7. The number of halogens is 2. The van der Waals surface area contributed by atoms with Crippen LogP contribution < -0.4 is 14.8 Å². The minimum atomic E-state index is -0.267. The number of benzene rings is 2. The average molecular weight is 308 g/mol. The number of rotatable bonds is 3. The van der Waals surface area contributed by atoms with Crippen molar-refractivity contribution in [3.8, 4) is 11.5 Å². The molecule has 0 saturated carbocycles. The number of hydrogen-bond donors (Lipinski definition) is 1. The van der Waals surface area contributed by atoms with Crippen molar-refractivity contribution in [1.29, 1.82) is 0 Å². The maximum Gasteiger partial charge on any atom is 0.179 e. The molecule has 1 N–H and O–H groups in total. The van der Waals surface area contributed by atoms with Crippen molar-refractivity contribution in [3.05, 3.63) is 52.8 Å². The first-order valence-corrected chi connectivity index (χ1v) is 7.17. The number of ether oxygens (including phenoxy) is 2. The molecule has 0 aromatic heterocycles. The SMILES string of the molecule is Fc1cccc(NCc2cc(Cl)c3c(c2)OCCCO3)c1. The van der Waals surface area contributed by atoms with E-state index in [1.807, 2.05) is 18.2 Å². The summed E-state index contributed by atoms with van der Waals surface area (Å²) in [6, 6.07) is 10.1. The minimum absolute atomic E-state index is 0.267. The lowest BCUT2D eigenvalue weighted by Crippen LogP contribution is -2.01. The molecule has 1 aliphatic rings. The van der Waals surface area contributed by atoms with Gasteiger partial charge in [0.05, 0.1) is 18.2 Å². The Bertz CT molecular complexity index is 648. The van der Waals surface area contributed by atoms with Gasteiger partial charge < -0.3 is 14.8 Å².